The van der Waals surface area contributed by atoms with Gasteiger partial charge in [0, 0.05) is 25.4 Å². The Morgan fingerprint density at radius 1 is 1.45 bits per heavy atom. The van der Waals surface area contributed by atoms with Crippen LogP contribution in [0.25, 0.3) is 0 Å². The fraction of sp³-hybridized carbons (Fsp3) is 0.643. The second-order valence-corrected chi connectivity index (χ2v) is 5.05. The van der Waals surface area contributed by atoms with Crippen LogP contribution >= 0.6 is 0 Å². The molecular formula is C14H21N3O3. The topological polar surface area (TPSA) is 64.5 Å². The average molecular weight is 279 g/mol. The molecule has 1 amide bonds. The molecule has 1 aliphatic heterocycles. The Morgan fingerprint density at radius 2 is 2.25 bits per heavy atom. The molecule has 1 aromatic rings. The standard InChI is InChI=1S/C14H21N3O3/c1-10-7-13(16-11(2)15-10)20-12-5-4-6-17(8-12)14(18)9-19-3/h7,12H,4-6,8-9H2,1-3H3. The molecule has 2 rings (SSSR count). The van der Waals surface area contributed by atoms with Gasteiger partial charge < -0.3 is 14.4 Å². The van der Waals surface area contributed by atoms with Crippen molar-refractivity contribution < 1.29 is 14.3 Å². The number of hydrogen-bond acceptors (Lipinski definition) is 5. The maximum atomic E-state index is 11.8. The minimum atomic E-state index is -0.0155. The van der Waals surface area contributed by atoms with Gasteiger partial charge in [0.15, 0.2) is 0 Å². The lowest BCUT2D eigenvalue weighted by atomic mass is 10.1. The summed E-state index contributed by atoms with van der Waals surface area (Å²) >= 11 is 0. The number of aryl methyl sites for hydroxylation is 2. The molecule has 6 heteroatoms. The number of aromatic nitrogens is 2. The van der Waals surface area contributed by atoms with Crippen LogP contribution in [0.2, 0.25) is 0 Å². The molecule has 1 aromatic heterocycles. The van der Waals surface area contributed by atoms with E-state index in [1.54, 1.807) is 4.90 Å². The highest BCUT2D eigenvalue weighted by molar-refractivity contribution is 5.77. The first-order chi connectivity index (χ1) is 9.58. The SMILES string of the molecule is COCC(=O)N1CCCC(Oc2cc(C)nc(C)n2)C1. The Balaban J connectivity index is 1.97. The van der Waals surface area contributed by atoms with E-state index in [4.69, 9.17) is 9.47 Å². The van der Waals surface area contributed by atoms with E-state index in [0.717, 1.165) is 25.1 Å². The van der Waals surface area contributed by atoms with E-state index in [0.29, 0.717) is 18.2 Å². The number of carbonyl (C=O) groups excluding carboxylic acids is 1. The van der Waals surface area contributed by atoms with E-state index in [1.807, 2.05) is 19.9 Å². The Kier molecular flexibility index (Phi) is 4.89. The third kappa shape index (κ3) is 3.90. The molecule has 2 heterocycles. The van der Waals surface area contributed by atoms with Crippen molar-refractivity contribution in [1.82, 2.24) is 14.9 Å². The van der Waals surface area contributed by atoms with Gasteiger partial charge in [0.25, 0.3) is 0 Å². The van der Waals surface area contributed by atoms with E-state index >= 15 is 0 Å². The number of likely N-dealkylation sites (tertiary alicyclic amines) is 1. The molecule has 1 fully saturated rings. The monoisotopic (exact) mass is 279 g/mol. The van der Waals surface area contributed by atoms with Crippen molar-refractivity contribution in [3.8, 4) is 5.88 Å². The number of hydrogen-bond donors (Lipinski definition) is 0. The van der Waals surface area contributed by atoms with Crippen molar-refractivity contribution in [3.63, 3.8) is 0 Å². The van der Waals surface area contributed by atoms with Crippen LogP contribution in [0.15, 0.2) is 6.07 Å². The molecule has 0 N–H and O–H groups in total. The fourth-order valence-electron chi connectivity index (χ4n) is 2.39. The summed E-state index contributed by atoms with van der Waals surface area (Å²) in [7, 11) is 1.53. The van der Waals surface area contributed by atoms with Gasteiger partial charge in [-0.15, -0.1) is 0 Å². The number of rotatable bonds is 4. The predicted octanol–water partition coefficient (Wildman–Crippen LogP) is 1.11. The van der Waals surface area contributed by atoms with Gasteiger partial charge in [-0.2, -0.15) is 4.98 Å². The number of piperidine rings is 1. The maximum Gasteiger partial charge on any atom is 0.248 e. The molecule has 0 radical (unpaired) electrons. The summed E-state index contributed by atoms with van der Waals surface area (Å²) in [5, 5.41) is 0. The molecule has 1 unspecified atom stereocenters. The van der Waals surface area contributed by atoms with Crippen LogP contribution in [-0.4, -0.2) is 53.7 Å². The average Bonchev–Trinajstić information content (AvgIpc) is 2.38. The summed E-state index contributed by atoms with van der Waals surface area (Å²) in [6, 6.07) is 1.82. The first-order valence-corrected chi connectivity index (χ1v) is 6.84. The van der Waals surface area contributed by atoms with E-state index in [2.05, 4.69) is 9.97 Å². The summed E-state index contributed by atoms with van der Waals surface area (Å²) in [6.07, 6.45) is 1.85. The van der Waals surface area contributed by atoms with Crippen molar-refractivity contribution in [2.75, 3.05) is 26.8 Å². The Labute approximate surface area is 119 Å². The normalized spacial score (nSPS) is 18.9. The van der Waals surface area contributed by atoms with E-state index in [9.17, 15) is 4.79 Å². The number of amides is 1. The van der Waals surface area contributed by atoms with Gasteiger partial charge in [0.05, 0.1) is 6.54 Å². The van der Waals surface area contributed by atoms with Crippen LogP contribution in [0.4, 0.5) is 0 Å². The zero-order chi connectivity index (χ0) is 14.5. The molecule has 20 heavy (non-hydrogen) atoms. The van der Waals surface area contributed by atoms with Crippen molar-refractivity contribution in [1.29, 1.82) is 0 Å². The van der Waals surface area contributed by atoms with Gasteiger partial charge in [-0.25, -0.2) is 4.98 Å². The lowest BCUT2D eigenvalue weighted by Crippen LogP contribution is -2.45. The first-order valence-electron chi connectivity index (χ1n) is 6.84. The Morgan fingerprint density at radius 3 is 2.95 bits per heavy atom. The van der Waals surface area contributed by atoms with Crippen LogP contribution in [0.5, 0.6) is 5.88 Å². The highest BCUT2D eigenvalue weighted by Gasteiger charge is 2.25. The molecule has 0 aliphatic carbocycles. The van der Waals surface area contributed by atoms with Crippen LogP contribution < -0.4 is 4.74 Å². The van der Waals surface area contributed by atoms with Gasteiger partial charge in [0.1, 0.15) is 18.5 Å². The molecule has 0 saturated carbocycles. The number of nitrogens with zero attached hydrogens (tertiary/aromatic N) is 3. The molecule has 6 nitrogen and oxygen atoms in total. The zero-order valence-electron chi connectivity index (χ0n) is 12.3. The Bertz CT molecular complexity index is 458. The minimum absolute atomic E-state index is 0.0100. The van der Waals surface area contributed by atoms with E-state index in [-0.39, 0.29) is 18.6 Å². The van der Waals surface area contributed by atoms with Gasteiger partial charge in [0.2, 0.25) is 11.8 Å². The summed E-state index contributed by atoms with van der Waals surface area (Å²) in [5.74, 6) is 1.29. The lowest BCUT2D eigenvalue weighted by Gasteiger charge is -2.32. The largest absolute Gasteiger partial charge is 0.472 e. The predicted molar refractivity (Wildman–Crippen MR) is 73.6 cm³/mol. The molecule has 1 atom stereocenters. The summed E-state index contributed by atoms with van der Waals surface area (Å²) < 4.78 is 10.8. The summed E-state index contributed by atoms with van der Waals surface area (Å²) in [6.45, 7) is 5.23. The maximum absolute atomic E-state index is 11.8. The van der Waals surface area contributed by atoms with Gasteiger partial charge in [-0.05, 0) is 26.7 Å². The number of carbonyl (C=O) groups is 1. The third-order valence-electron chi connectivity index (χ3n) is 3.23. The highest BCUT2D eigenvalue weighted by atomic mass is 16.5. The molecule has 0 bridgehead atoms. The van der Waals surface area contributed by atoms with Crippen molar-refractivity contribution >= 4 is 5.91 Å². The molecule has 1 saturated heterocycles. The smallest absolute Gasteiger partial charge is 0.248 e. The van der Waals surface area contributed by atoms with Crippen LogP contribution in [0.1, 0.15) is 24.4 Å². The minimum Gasteiger partial charge on any atom is -0.472 e. The summed E-state index contributed by atoms with van der Waals surface area (Å²) in [5.41, 5.74) is 0.885. The van der Waals surface area contributed by atoms with Crippen molar-refractivity contribution in [3.05, 3.63) is 17.6 Å². The molecule has 110 valence electrons. The highest BCUT2D eigenvalue weighted by Crippen LogP contribution is 2.17. The zero-order valence-corrected chi connectivity index (χ0v) is 12.3. The van der Waals surface area contributed by atoms with Crippen molar-refractivity contribution in [2.24, 2.45) is 0 Å². The summed E-state index contributed by atoms with van der Waals surface area (Å²) in [4.78, 5) is 22.1. The lowest BCUT2D eigenvalue weighted by molar-refractivity contribution is -0.137. The van der Waals surface area contributed by atoms with Gasteiger partial charge in [-0.1, -0.05) is 0 Å². The van der Waals surface area contributed by atoms with Crippen LogP contribution in [0.3, 0.4) is 0 Å². The van der Waals surface area contributed by atoms with E-state index < -0.39 is 0 Å². The first kappa shape index (κ1) is 14.7. The third-order valence-corrected chi connectivity index (χ3v) is 3.23. The molecular weight excluding hydrogens is 258 g/mol. The molecule has 0 aromatic carbocycles. The number of ether oxygens (including phenoxy) is 2. The fourth-order valence-corrected chi connectivity index (χ4v) is 2.39. The van der Waals surface area contributed by atoms with Gasteiger partial charge >= 0.3 is 0 Å². The van der Waals surface area contributed by atoms with Gasteiger partial charge in [-0.3, -0.25) is 4.79 Å². The molecule has 0 spiro atoms. The van der Waals surface area contributed by atoms with Crippen LogP contribution in [0, 0.1) is 13.8 Å². The quantitative estimate of drug-likeness (QED) is 0.826. The van der Waals surface area contributed by atoms with Crippen LogP contribution in [-0.2, 0) is 9.53 Å². The second kappa shape index (κ2) is 6.65. The van der Waals surface area contributed by atoms with E-state index in [1.165, 1.54) is 7.11 Å². The second-order valence-electron chi connectivity index (χ2n) is 5.05. The molecule has 1 aliphatic rings. The van der Waals surface area contributed by atoms with Crippen molar-refractivity contribution in [2.45, 2.75) is 32.8 Å². The Hall–Kier alpha value is -1.69. The number of methoxy groups -OCH3 is 1.